The fourth-order valence-corrected chi connectivity index (χ4v) is 4.88. The van der Waals surface area contributed by atoms with Crippen molar-refractivity contribution < 1.29 is 9.47 Å². The molecule has 2 unspecified atom stereocenters. The lowest BCUT2D eigenvalue weighted by Gasteiger charge is -2.38. The summed E-state index contributed by atoms with van der Waals surface area (Å²) in [6.45, 7) is 11.2. The Morgan fingerprint density at radius 2 is 1.74 bits per heavy atom. The van der Waals surface area contributed by atoms with E-state index in [0.29, 0.717) is 18.0 Å². The Labute approximate surface area is 165 Å². The minimum absolute atomic E-state index is 0.492. The smallest absolute Gasteiger partial charge is 0.191 e. The standard InChI is InChI=1S/C21H40N4O2/c1-16(2)17-4-6-19(7-5-17)24-21(22-3)23-14-20(18-8-11-27-15-18)25-9-12-26-13-10-25/h16-20H,4-15H2,1-3H3,(H2,22,23,24). The van der Waals surface area contributed by atoms with Crippen LogP contribution in [-0.2, 0) is 9.47 Å². The largest absolute Gasteiger partial charge is 0.381 e. The van der Waals surface area contributed by atoms with E-state index in [1.807, 2.05) is 7.05 Å². The van der Waals surface area contributed by atoms with Gasteiger partial charge >= 0.3 is 0 Å². The van der Waals surface area contributed by atoms with Gasteiger partial charge in [0.25, 0.3) is 0 Å². The Bertz CT molecular complexity index is 451. The van der Waals surface area contributed by atoms with Crippen LogP contribution in [0.2, 0.25) is 0 Å². The molecule has 6 nitrogen and oxygen atoms in total. The Kier molecular flexibility index (Phi) is 8.22. The topological polar surface area (TPSA) is 58.1 Å². The summed E-state index contributed by atoms with van der Waals surface area (Å²) in [5.74, 6) is 3.27. The lowest BCUT2D eigenvalue weighted by atomic mass is 9.80. The monoisotopic (exact) mass is 380 g/mol. The van der Waals surface area contributed by atoms with Crippen molar-refractivity contribution in [1.82, 2.24) is 15.5 Å². The van der Waals surface area contributed by atoms with Gasteiger partial charge in [-0.05, 0) is 43.9 Å². The molecule has 0 aromatic carbocycles. The van der Waals surface area contributed by atoms with Crippen LogP contribution < -0.4 is 10.6 Å². The second-order valence-electron chi connectivity index (χ2n) is 8.79. The first kappa shape index (κ1) is 20.9. The Hall–Kier alpha value is -0.850. The van der Waals surface area contributed by atoms with Crippen molar-refractivity contribution in [2.45, 2.75) is 58.0 Å². The molecule has 3 aliphatic rings. The van der Waals surface area contributed by atoms with E-state index in [9.17, 15) is 0 Å². The van der Waals surface area contributed by atoms with E-state index in [-0.39, 0.29) is 0 Å². The first-order valence-corrected chi connectivity index (χ1v) is 11.0. The van der Waals surface area contributed by atoms with Gasteiger partial charge in [0.15, 0.2) is 5.96 Å². The molecule has 0 aromatic heterocycles. The van der Waals surface area contributed by atoms with Crippen LogP contribution in [0.1, 0.15) is 46.0 Å². The van der Waals surface area contributed by atoms with Crippen LogP contribution in [0, 0.1) is 17.8 Å². The second kappa shape index (κ2) is 10.6. The van der Waals surface area contributed by atoms with Crippen molar-refractivity contribution in [2.24, 2.45) is 22.7 Å². The summed E-state index contributed by atoms with van der Waals surface area (Å²) >= 11 is 0. The molecule has 2 atom stereocenters. The van der Waals surface area contributed by atoms with Gasteiger partial charge in [-0.25, -0.2) is 0 Å². The van der Waals surface area contributed by atoms with Gasteiger partial charge in [0.05, 0.1) is 19.8 Å². The number of hydrogen-bond donors (Lipinski definition) is 2. The highest BCUT2D eigenvalue weighted by Gasteiger charge is 2.32. The van der Waals surface area contributed by atoms with E-state index < -0.39 is 0 Å². The molecule has 2 aliphatic heterocycles. The summed E-state index contributed by atoms with van der Waals surface area (Å²) in [6, 6.07) is 1.05. The van der Waals surface area contributed by atoms with Gasteiger partial charge < -0.3 is 20.1 Å². The van der Waals surface area contributed by atoms with Crippen molar-refractivity contribution in [1.29, 1.82) is 0 Å². The van der Waals surface area contributed by atoms with Gasteiger partial charge in [-0.3, -0.25) is 9.89 Å². The molecule has 3 fully saturated rings. The quantitative estimate of drug-likeness (QED) is 0.546. The summed E-state index contributed by atoms with van der Waals surface area (Å²) in [7, 11) is 1.89. The van der Waals surface area contributed by atoms with E-state index >= 15 is 0 Å². The van der Waals surface area contributed by atoms with Crippen LogP contribution in [-0.4, -0.2) is 76.1 Å². The molecule has 2 heterocycles. The zero-order valence-electron chi connectivity index (χ0n) is 17.6. The fraction of sp³-hybridized carbons (Fsp3) is 0.952. The number of ether oxygens (including phenoxy) is 2. The van der Waals surface area contributed by atoms with E-state index in [2.05, 4.69) is 34.4 Å². The normalized spacial score (nSPS) is 31.9. The maximum Gasteiger partial charge on any atom is 0.191 e. The molecular weight excluding hydrogens is 340 g/mol. The van der Waals surface area contributed by atoms with Crippen LogP contribution >= 0.6 is 0 Å². The number of nitrogens with one attached hydrogen (secondary N) is 2. The lowest BCUT2D eigenvalue weighted by Crippen LogP contribution is -2.54. The summed E-state index contributed by atoms with van der Waals surface area (Å²) < 4.78 is 11.2. The average molecular weight is 381 g/mol. The van der Waals surface area contributed by atoms with E-state index in [1.54, 1.807) is 0 Å². The van der Waals surface area contributed by atoms with Crippen LogP contribution in [0.4, 0.5) is 0 Å². The number of nitrogens with zero attached hydrogens (tertiary/aromatic N) is 2. The minimum atomic E-state index is 0.492. The third kappa shape index (κ3) is 6.06. The number of hydrogen-bond acceptors (Lipinski definition) is 4. The van der Waals surface area contributed by atoms with E-state index in [0.717, 1.165) is 70.3 Å². The lowest BCUT2D eigenvalue weighted by molar-refractivity contribution is 0.00245. The Morgan fingerprint density at radius 3 is 2.33 bits per heavy atom. The van der Waals surface area contributed by atoms with E-state index in [1.165, 1.54) is 25.7 Å². The Balaban J connectivity index is 1.49. The van der Waals surface area contributed by atoms with Gasteiger partial charge in [0.1, 0.15) is 0 Å². The van der Waals surface area contributed by atoms with Crippen LogP contribution in [0.15, 0.2) is 4.99 Å². The number of guanidine groups is 1. The molecule has 6 heteroatoms. The zero-order chi connectivity index (χ0) is 19.1. The minimum Gasteiger partial charge on any atom is -0.381 e. The molecule has 0 amide bonds. The van der Waals surface area contributed by atoms with Crippen molar-refractivity contribution in [3.63, 3.8) is 0 Å². The fourth-order valence-electron chi connectivity index (χ4n) is 4.88. The molecule has 3 rings (SSSR count). The highest BCUT2D eigenvalue weighted by molar-refractivity contribution is 5.80. The molecule has 0 spiro atoms. The molecule has 27 heavy (non-hydrogen) atoms. The molecular formula is C21H40N4O2. The summed E-state index contributed by atoms with van der Waals surface area (Å²) in [6.07, 6.45) is 6.35. The van der Waals surface area contributed by atoms with E-state index in [4.69, 9.17) is 9.47 Å². The van der Waals surface area contributed by atoms with Crippen LogP contribution in [0.3, 0.4) is 0 Å². The summed E-state index contributed by atoms with van der Waals surface area (Å²) in [5, 5.41) is 7.30. The Morgan fingerprint density at radius 1 is 1.00 bits per heavy atom. The van der Waals surface area contributed by atoms with Crippen LogP contribution in [0.25, 0.3) is 0 Å². The second-order valence-corrected chi connectivity index (χ2v) is 8.79. The van der Waals surface area contributed by atoms with Gasteiger partial charge in [-0.2, -0.15) is 0 Å². The van der Waals surface area contributed by atoms with Crippen molar-refractivity contribution in [3.05, 3.63) is 0 Å². The predicted molar refractivity (Wildman–Crippen MR) is 110 cm³/mol. The molecule has 0 radical (unpaired) electrons. The SMILES string of the molecule is CN=C(NCC(C1CCOC1)N1CCOCC1)NC1CCC(C(C)C)CC1. The molecule has 1 aliphatic carbocycles. The van der Waals surface area contributed by atoms with Crippen molar-refractivity contribution >= 4 is 5.96 Å². The zero-order valence-corrected chi connectivity index (χ0v) is 17.6. The third-order valence-corrected chi connectivity index (χ3v) is 6.78. The van der Waals surface area contributed by atoms with Gasteiger partial charge in [-0.15, -0.1) is 0 Å². The molecule has 1 saturated carbocycles. The maximum atomic E-state index is 5.68. The maximum absolute atomic E-state index is 5.68. The molecule has 2 N–H and O–H groups in total. The van der Waals surface area contributed by atoms with Gasteiger partial charge in [-0.1, -0.05) is 13.8 Å². The highest BCUT2D eigenvalue weighted by Crippen LogP contribution is 2.29. The first-order chi connectivity index (χ1) is 13.2. The first-order valence-electron chi connectivity index (χ1n) is 11.0. The molecule has 0 bridgehead atoms. The van der Waals surface area contributed by atoms with Gasteiger partial charge in [0.2, 0.25) is 0 Å². The van der Waals surface area contributed by atoms with Crippen molar-refractivity contribution in [3.8, 4) is 0 Å². The number of aliphatic imine (C=N–C) groups is 1. The van der Waals surface area contributed by atoms with Gasteiger partial charge in [0, 0.05) is 51.3 Å². The number of rotatable bonds is 6. The summed E-state index contributed by atoms with van der Waals surface area (Å²) in [5.41, 5.74) is 0. The average Bonchev–Trinajstić information content (AvgIpc) is 3.23. The summed E-state index contributed by atoms with van der Waals surface area (Å²) in [4.78, 5) is 7.08. The molecule has 2 saturated heterocycles. The molecule has 0 aromatic rings. The number of morpholine rings is 1. The third-order valence-electron chi connectivity index (χ3n) is 6.78. The predicted octanol–water partition coefficient (Wildman–Crippen LogP) is 2.10. The molecule has 156 valence electrons. The van der Waals surface area contributed by atoms with Crippen LogP contribution in [0.5, 0.6) is 0 Å². The highest BCUT2D eigenvalue weighted by atomic mass is 16.5. The van der Waals surface area contributed by atoms with Crippen molar-refractivity contribution in [2.75, 3.05) is 53.1 Å².